The van der Waals surface area contributed by atoms with Gasteiger partial charge in [-0.15, -0.1) is 0 Å². The van der Waals surface area contributed by atoms with Crippen molar-refractivity contribution in [2.24, 2.45) is 17.7 Å². The van der Waals surface area contributed by atoms with Gasteiger partial charge in [0.05, 0.1) is 10.6 Å². The number of hydrazine groups is 1. The second-order valence-corrected chi connectivity index (χ2v) is 6.99. The Morgan fingerprint density at radius 3 is 2.67 bits per heavy atom. The Kier molecular flexibility index (Phi) is 4.45. The quantitative estimate of drug-likeness (QED) is 0.394. The predicted molar refractivity (Wildman–Crippen MR) is 78.0 cm³/mol. The fourth-order valence-electron chi connectivity index (χ4n) is 2.12. The molecule has 4 N–H and O–H groups in total. The van der Waals surface area contributed by atoms with Crippen LogP contribution in [-0.2, 0) is 10.0 Å². The van der Waals surface area contributed by atoms with Gasteiger partial charge in [-0.3, -0.25) is 16.0 Å². The van der Waals surface area contributed by atoms with Crippen LogP contribution in [0.1, 0.15) is 19.8 Å². The average molecular weight is 314 g/mol. The molecule has 0 bridgehead atoms. The summed E-state index contributed by atoms with van der Waals surface area (Å²) in [6.45, 7) is 2.23. The van der Waals surface area contributed by atoms with Crippen molar-refractivity contribution in [3.8, 4) is 0 Å². The van der Waals surface area contributed by atoms with E-state index in [2.05, 4.69) is 10.1 Å². The molecular weight excluding hydrogens is 296 g/mol. The van der Waals surface area contributed by atoms with Gasteiger partial charge in [0, 0.05) is 12.6 Å². The van der Waals surface area contributed by atoms with Crippen molar-refractivity contribution >= 4 is 21.4 Å². The number of nitro benzene ring substituents is 1. The molecule has 1 aliphatic rings. The third-order valence-electron chi connectivity index (χ3n) is 3.63. The van der Waals surface area contributed by atoms with Crippen LogP contribution in [0.15, 0.2) is 23.1 Å². The first kappa shape index (κ1) is 15.7. The summed E-state index contributed by atoms with van der Waals surface area (Å²) in [4.78, 5) is 9.88. The highest BCUT2D eigenvalue weighted by Gasteiger charge is 2.31. The van der Waals surface area contributed by atoms with E-state index < -0.39 is 20.6 Å². The fourth-order valence-corrected chi connectivity index (χ4v) is 3.46. The number of sulfonamides is 1. The molecule has 0 amide bonds. The molecule has 0 aromatic heterocycles. The first-order valence-corrected chi connectivity index (χ1v) is 8.08. The molecule has 1 saturated carbocycles. The van der Waals surface area contributed by atoms with E-state index in [1.165, 1.54) is 6.07 Å². The second-order valence-electron chi connectivity index (χ2n) is 5.25. The van der Waals surface area contributed by atoms with Crippen LogP contribution >= 0.6 is 0 Å². The van der Waals surface area contributed by atoms with Gasteiger partial charge in [-0.05, 0) is 36.8 Å². The molecule has 9 heteroatoms. The van der Waals surface area contributed by atoms with Crippen LogP contribution in [0.4, 0.5) is 11.4 Å². The van der Waals surface area contributed by atoms with Crippen molar-refractivity contribution in [1.82, 2.24) is 4.72 Å². The van der Waals surface area contributed by atoms with Crippen LogP contribution in [-0.4, -0.2) is 19.9 Å². The standard InChI is InChI=1S/C12H18N4O4S/c1-8(9-2-3-9)7-14-21(19,20)12-6-10(15-13)4-5-11(12)16(17)18/h4-6,8-9,14-15H,2-3,7,13H2,1H3. The van der Waals surface area contributed by atoms with E-state index in [9.17, 15) is 18.5 Å². The minimum absolute atomic E-state index is 0.217. The summed E-state index contributed by atoms with van der Waals surface area (Å²) in [6, 6.07) is 3.63. The zero-order chi connectivity index (χ0) is 15.6. The summed E-state index contributed by atoms with van der Waals surface area (Å²) in [5, 5.41) is 11.0. The predicted octanol–water partition coefficient (Wildman–Crippen LogP) is 1.20. The Bertz CT molecular complexity index is 643. The summed E-state index contributed by atoms with van der Waals surface area (Å²) in [5.74, 6) is 5.98. The smallest absolute Gasteiger partial charge is 0.289 e. The number of rotatable bonds is 7. The molecule has 1 aliphatic carbocycles. The van der Waals surface area contributed by atoms with Gasteiger partial charge in [0.1, 0.15) is 0 Å². The molecule has 1 unspecified atom stereocenters. The van der Waals surface area contributed by atoms with E-state index in [-0.39, 0.29) is 23.0 Å². The van der Waals surface area contributed by atoms with Crippen LogP contribution in [0.2, 0.25) is 0 Å². The first-order chi connectivity index (χ1) is 9.85. The molecule has 0 radical (unpaired) electrons. The number of benzene rings is 1. The van der Waals surface area contributed by atoms with Crippen molar-refractivity contribution < 1.29 is 13.3 Å². The summed E-state index contributed by atoms with van der Waals surface area (Å²) < 4.78 is 27.0. The van der Waals surface area contributed by atoms with Gasteiger partial charge in [-0.25, -0.2) is 13.1 Å². The summed E-state index contributed by atoms with van der Waals surface area (Å²) in [7, 11) is -3.96. The molecule has 2 rings (SSSR count). The maximum atomic E-state index is 12.3. The van der Waals surface area contributed by atoms with Crippen molar-refractivity contribution in [2.75, 3.05) is 12.0 Å². The van der Waals surface area contributed by atoms with Crippen LogP contribution < -0.4 is 16.0 Å². The highest BCUT2D eigenvalue weighted by atomic mass is 32.2. The number of nitrogens with zero attached hydrogens (tertiary/aromatic N) is 1. The van der Waals surface area contributed by atoms with Gasteiger partial charge >= 0.3 is 0 Å². The lowest BCUT2D eigenvalue weighted by Gasteiger charge is -2.12. The number of nitrogens with two attached hydrogens (primary N) is 1. The van der Waals surface area contributed by atoms with E-state index in [0.29, 0.717) is 5.92 Å². The van der Waals surface area contributed by atoms with Crippen molar-refractivity contribution in [3.63, 3.8) is 0 Å². The van der Waals surface area contributed by atoms with E-state index >= 15 is 0 Å². The van der Waals surface area contributed by atoms with E-state index in [1.807, 2.05) is 6.92 Å². The summed E-state index contributed by atoms with van der Waals surface area (Å²) in [5.41, 5.74) is 2.10. The van der Waals surface area contributed by atoms with Gasteiger partial charge in [0.15, 0.2) is 4.90 Å². The molecule has 0 spiro atoms. The third kappa shape index (κ3) is 3.69. The van der Waals surface area contributed by atoms with Gasteiger partial charge in [0.2, 0.25) is 10.0 Å². The Labute approximate surface area is 122 Å². The molecule has 0 saturated heterocycles. The Hall–Kier alpha value is -1.71. The summed E-state index contributed by atoms with van der Waals surface area (Å²) >= 11 is 0. The maximum Gasteiger partial charge on any atom is 0.289 e. The minimum Gasteiger partial charge on any atom is -0.324 e. The molecule has 1 aromatic rings. The topological polar surface area (TPSA) is 127 Å². The van der Waals surface area contributed by atoms with Crippen molar-refractivity contribution in [2.45, 2.75) is 24.7 Å². The Morgan fingerprint density at radius 2 is 2.14 bits per heavy atom. The molecule has 21 heavy (non-hydrogen) atoms. The fraction of sp³-hybridized carbons (Fsp3) is 0.500. The second kappa shape index (κ2) is 5.96. The normalized spacial score (nSPS) is 16.5. The van der Waals surface area contributed by atoms with E-state index in [4.69, 9.17) is 5.84 Å². The highest BCUT2D eigenvalue weighted by Crippen LogP contribution is 2.36. The largest absolute Gasteiger partial charge is 0.324 e. The van der Waals surface area contributed by atoms with Crippen molar-refractivity contribution in [3.05, 3.63) is 28.3 Å². The molecular formula is C12H18N4O4S. The lowest BCUT2D eigenvalue weighted by molar-refractivity contribution is -0.387. The van der Waals surface area contributed by atoms with Crippen molar-refractivity contribution in [1.29, 1.82) is 0 Å². The number of hydrogen-bond acceptors (Lipinski definition) is 6. The zero-order valence-electron chi connectivity index (χ0n) is 11.6. The first-order valence-electron chi connectivity index (χ1n) is 6.60. The molecule has 8 nitrogen and oxygen atoms in total. The van der Waals surface area contributed by atoms with Crippen LogP contribution in [0.25, 0.3) is 0 Å². The van der Waals surface area contributed by atoms with E-state index in [1.54, 1.807) is 0 Å². The molecule has 1 atom stereocenters. The number of hydrogen-bond donors (Lipinski definition) is 3. The molecule has 1 aromatic carbocycles. The lowest BCUT2D eigenvalue weighted by Crippen LogP contribution is -2.29. The number of nitro groups is 1. The minimum atomic E-state index is -3.96. The van der Waals surface area contributed by atoms with Gasteiger partial charge in [0.25, 0.3) is 5.69 Å². The Balaban J connectivity index is 2.26. The SMILES string of the molecule is CC(CNS(=O)(=O)c1cc(NN)ccc1[N+](=O)[O-])C1CC1. The average Bonchev–Trinajstić information content (AvgIpc) is 3.28. The molecule has 0 aliphatic heterocycles. The molecule has 0 heterocycles. The van der Waals surface area contributed by atoms with E-state index in [0.717, 1.165) is 25.0 Å². The number of nitrogens with one attached hydrogen (secondary N) is 2. The number of anilines is 1. The van der Waals surface area contributed by atoms with Gasteiger partial charge in [-0.2, -0.15) is 0 Å². The highest BCUT2D eigenvalue weighted by molar-refractivity contribution is 7.89. The molecule has 116 valence electrons. The van der Waals surface area contributed by atoms with Crippen LogP contribution in [0, 0.1) is 22.0 Å². The maximum absolute atomic E-state index is 12.3. The number of nitrogen functional groups attached to an aromatic ring is 1. The summed E-state index contributed by atoms with van der Waals surface area (Å²) in [6.07, 6.45) is 2.21. The lowest BCUT2D eigenvalue weighted by atomic mass is 10.1. The Morgan fingerprint density at radius 1 is 1.48 bits per heavy atom. The van der Waals surface area contributed by atoms with Crippen LogP contribution in [0.5, 0.6) is 0 Å². The zero-order valence-corrected chi connectivity index (χ0v) is 12.4. The van der Waals surface area contributed by atoms with Gasteiger partial charge < -0.3 is 5.43 Å². The third-order valence-corrected chi connectivity index (χ3v) is 5.09. The molecule has 1 fully saturated rings. The monoisotopic (exact) mass is 314 g/mol. The van der Waals surface area contributed by atoms with Gasteiger partial charge in [-0.1, -0.05) is 6.92 Å². The van der Waals surface area contributed by atoms with Crippen LogP contribution in [0.3, 0.4) is 0 Å².